The molecule has 1 unspecified atom stereocenters. The molecule has 29 heavy (non-hydrogen) atoms. The summed E-state index contributed by atoms with van der Waals surface area (Å²) in [6, 6.07) is 6.31. The lowest BCUT2D eigenvalue weighted by molar-refractivity contribution is -0.137. The molecule has 0 spiro atoms. The number of hydrogen-bond donors (Lipinski definition) is 2. The van der Waals surface area contributed by atoms with Crippen molar-refractivity contribution in [3.63, 3.8) is 0 Å². The van der Waals surface area contributed by atoms with E-state index in [9.17, 15) is 14.4 Å². The van der Waals surface area contributed by atoms with Crippen molar-refractivity contribution in [2.75, 3.05) is 20.1 Å². The van der Waals surface area contributed by atoms with Crippen LogP contribution in [0.25, 0.3) is 0 Å². The Balaban J connectivity index is 1.54. The first kappa shape index (κ1) is 20.8. The average Bonchev–Trinajstić information content (AvgIpc) is 3.39. The number of hydrogen-bond acceptors (Lipinski definition) is 6. The number of rotatable bonds is 7. The summed E-state index contributed by atoms with van der Waals surface area (Å²) in [6.45, 7) is 2.62. The van der Waals surface area contributed by atoms with Crippen molar-refractivity contribution < 1.29 is 19.1 Å². The van der Waals surface area contributed by atoms with Crippen molar-refractivity contribution in [2.24, 2.45) is 0 Å². The van der Waals surface area contributed by atoms with Crippen molar-refractivity contribution in [3.05, 3.63) is 45.9 Å². The van der Waals surface area contributed by atoms with Gasteiger partial charge in [0.25, 0.3) is 5.91 Å². The van der Waals surface area contributed by atoms with Crippen LogP contribution in [-0.4, -0.2) is 53.8 Å². The minimum atomic E-state index is -0.463. The second-order valence-electron chi connectivity index (χ2n) is 6.72. The van der Waals surface area contributed by atoms with Gasteiger partial charge >= 0.3 is 0 Å². The van der Waals surface area contributed by atoms with Crippen LogP contribution in [0, 0.1) is 6.92 Å². The maximum atomic E-state index is 12.4. The lowest BCUT2D eigenvalue weighted by atomic mass is 10.2. The number of benzene rings is 1. The molecule has 154 valence electrons. The third-order valence-electron chi connectivity index (χ3n) is 4.67. The lowest BCUT2D eigenvalue weighted by Gasteiger charge is -2.23. The number of likely N-dealkylation sites (N-methyl/N-ethyl adjacent to an activating group) is 1. The zero-order chi connectivity index (χ0) is 20.8. The van der Waals surface area contributed by atoms with E-state index in [2.05, 4.69) is 15.6 Å². The van der Waals surface area contributed by atoms with Gasteiger partial charge in [0.2, 0.25) is 11.8 Å². The molecular formula is C20H24N4O4S. The fourth-order valence-corrected chi connectivity index (χ4v) is 3.82. The van der Waals surface area contributed by atoms with Gasteiger partial charge in [-0.05, 0) is 38.0 Å². The van der Waals surface area contributed by atoms with Gasteiger partial charge in [0.05, 0.1) is 17.2 Å². The van der Waals surface area contributed by atoms with Gasteiger partial charge in [-0.3, -0.25) is 14.4 Å². The van der Waals surface area contributed by atoms with E-state index in [-0.39, 0.29) is 24.3 Å². The van der Waals surface area contributed by atoms with Crippen LogP contribution in [0.4, 0.5) is 0 Å². The SMILES string of the molecule is CNC(=O)C1CCCN1C(=O)CNC(=O)c1cccc(OCc2csc(C)n2)c1. The van der Waals surface area contributed by atoms with E-state index in [0.717, 1.165) is 17.1 Å². The number of nitrogens with one attached hydrogen (secondary N) is 2. The molecule has 1 aliphatic rings. The first-order chi connectivity index (χ1) is 14.0. The summed E-state index contributed by atoms with van der Waals surface area (Å²) >= 11 is 1.55. The second-order valence-corrected chi connectivity index (χ2v) is 7.78. The van der Waals surface area contributed by atoms with E-state index in [1.54, 1.807) is 42.6 Å². The standard InChI is InChI=1S/C20H24N4O4S/c1-13-23-15(12-29-13)11-28-16-6-3-5-14(9-16)19(26)22-10-18(25)24-8-4-7-17(24)20(27)21-2/h3,5-6,9,12,17H,4,7-8,10-11H2,1-2H3,(H,21,27)(H,22,26). The molecular weight excluding hydrogens is 392 g/mol. The quantitative estimate of drug-likeness (QED) is 0.712. The van der Waals surface area contributed by atoms with Gasteiger partial charge in [0.1, 0.15) is 18.4 Å². The fourth-order valence-electron chi connectivity index (χ4n) is 3.22. The number of ether oxygens (including phenoxy) is 1. The monoisotopic (exact) mass is 416 g/mol. The van der Waals surface area contributed by atoms with E-state index in [1.165, 1.54) is 4.90 Å². The molecule has 2 aromatic rings. The highest BCUT2D eigenvalue weighted by Gasteiger charge is 2.33. The largest absolute Gasteiger partial charge is 0.487 e. The summed E-state index contributed by atoms with van der Waals surface area (Å²) in [5.74, 6) is -0.268. The molecule has 1 atom stereocenters. The third-order valence-corrected chi connectivity index (χ3v) is 5.49. The van der Waals surface area contributed by atoms with E-state index >= 15 is 0 Å². The topological polar surface area (TPSA) is 101 Å². The van der Waals surface area contributed by atoms with Gasteiger partial charge in [0.15, 0.2) is 0 Å². The normalized spacial score (nSPS) is 15.8. The van der Waals surface area contributed by atoms with Gasteiger partial charge in [-0.15, -0.1) is 11.3 Å². The Morgan fingerprint density at radius 1 is 1.34 bits per heavy atom. The fraction of sp³-hybridized carbons (Fsp3) is 0.400. The Bertz CT molecular complexity index is 898. The smallest absolute Gasteiger partial charge is 0.251 e. The van der Waals surface area contributed by atoms with Crippen LogP contribution >= 0.6 is 11.3 Å². The Morgan fingerprint density at radius 3 is 2.90 bits per heavy atom. The highest BCUT2D eigenvalue weighted by molar-refractivity contribution is 7.09. The maximum Gasteiger partial charge on any atom is 0.251 e. The highest BCUT2D eigenvalue weighted by atomic mass is 32.1. The lowest BCUT2D eigenvalue weighted by Crippen LogP contribution is -2.48. The molecule has 1 fully saturated rings. The number of aryl methyl sites for hydroxylation is 1. The van der Waals surface area contributed by atoms with Crippen molar-refractivity contribution in [3.8, 4) is 5.75 Å². The minimum Gasteiger partial charge on any atom is -0.487 e. The van der Waals surface area contributed by atoms with Crippen molar-refractivity contribution in [1.82, 2.24) is 20.5 Å². The molecule has 0 radical (unpaired) electrons. The van der Waals surface area contributed by atoms with E-state index in [1.807, 2.05) is 12.3 Å². The Labute approximate surface area is 173 Å². The molecule has 0 bridgehead atoms. The van der Waals surface area contributed by atoms with Gasteiger partial charge in [-0.2, -0.15) is 0 Å². The Morgan fingerprint density at radius 2 is 2.17 bits per heavy atom. The van der Waals surface area contributed by atoms with Gasteiger partial charge in [0, 0.05) is 24.5 Å². The Kier molecular flexibility index (Phi) is 6.82. The summed E-state index contributed by atoms with van der Waals surface area (Å²) in [7, 11) is 1.55. The molecule has 8 nitrogen and oxygen atoms in total. The molecule has 1 aromatic heterocycles. The van der Waals surface area contributed by atoms with Crippen LogP contribution in [-0.2, 0) is 16.2 Å². The summed E-state index contributed by atoms with van der Waals surface area (Å²) in [5, 5.41) is 8.11. The minimum absolute atomic E-state index is 0.157. The first-order valence-corrected chi connectivity index (χ1v) is 10.3. The average molecular weight is 417 g/mol. The van der Waals surface area contributed by atoms with Crippen LogP contribution in [0.15, 0.2) is 29.6 Å². The predicted molar refractivity (Wildman–Crippen MR) is 109 cm³/mol. The highest BCUT2D eigenvalue weighted by Crippen LogP contribution is 2.18. The van der Waals surface area contributed by atoms with E-state index in [4.69, 9.17) is 4.74 Å². The predicted octanol–water partition coefficient (Wildman–Crippen LogP) is 1.50. The molecule has 1 saturated heterocycles. The summed E-state index contributed by atoms with van der Waals surface area (Å²) in [6.07, 6.45) is 1.41. The summed E-state index contributed by atoms with van der Waals surface area (Å²) < 4.78 is 5.70. The number of carbonyl (C=O) groups is 3. The zero-order valence-corrected chi connectivity index (χ0v) is 17.3. The summed E-state index contributed by atoms with van der Waals surface area (Å²) in [5.41, 5.74) is 1.23. The van der Waals surface area contributed by atoms with Crippen LogP contribution in [0.2, 0.25) is 0 Å². The maximum absolute atomic E-state index is 12.4. The zero-order valence-electron chi connectivity index (χ0n) is 16.4. The van der Waals surface area contributed by atoms with E-state index < -0.39 is 6.04 Å². The van der Waals surface area contributed by atoms with E-state index in [0.29, 0.717) is 30.9 Å². The Hall–Kier alpha value is -2.94. The van der Waals surface area contributed by atoms with Crippen LogP contribution in [0.3, 0.4) is 0 Å². The molecule has 2 heterocycles. The van der Waals surface area contributed by atoms with Gasteiger partial charge < -0.3 is 20.3 Å². The molecule has 3 rings (SSSR count). The number of amides is 3. The third kappa shape index (κ3) is 5.32. The molecule has 9 heteroatoms. The molecule has 0 saturated carbocycles. The number of likely N-dealkylation sites (tertiary alicyclic amines) is 1. The molecule has 1 aliphatic heterocycles. The van der Waals surface area contributed by atoms with Crippen molar-refractivity contribution in [2.45, 2.75) is 32.4 Å². The number of thiazole rings is 1. The summed E-state index contributed by atoms with van der Waals surface area (Å²) in [4.78, 5) is 42.6. The van der Waals surface area contributed by atoms with Gasteiger partial charge in [-0.25, -0.2) is 4.98 Å². The number of aromatic nitrogens is 1. The van der Waals surface area contributed by atoms with Crippen LogP contribution < -0.4 is 15.4 Å². The van der Waals surface area contributed by atoms with Crippen LogP contribution in [0.5, 0.6) is 5.75 Å². The second kappa shape index (κ2) is 9.51. The number of carbonyl (C=O) groups excluding carboxylic acids is 3. The molecule has 3 amide bonds. The first-order valence-electron chi connectivity index (χ1n) is 9.41. The van der Waals surface area contributed by atoms with Crippen LogP contribution in [0.1, 0.15) is 33.9 Å². The number of nitrogens with zero attached hydrogens (tertiary/aromatic N) is 2. The van der Waals surface area contributed by atoms with Crippen molar-refractivity contribution >= 4 is 29.1 Å². The molecule has 0 aliphatic carbocycles. The van der Waals surface area contributed by atoms with Crippen molar-refractivity contribution in [1.29, 1.82) is 0 Å². The van der Waals surface area contributed by atoms with Gasteiger partial charge in [-0.1, -0.05) is 6.07 Å². The molecule has 1 aromatic carbocycles. The molecule has 2 N–H and O–H groups in total.